The molecule has 7 N–H and O–H groups in total. The normalized spacial score (nSPS) is 16.1. The zero-order valence-electron chi connectivity index (χ0n) is 13.5. The van der Waals surface area contributed by atoms with Crippen LogP contribution in [0, 0.1) is 0 Å². The molecule has 0 bridgehead atoms. The molecular weight excluding hydrogens is 470 g/mol. The maximum atomic E-state index is 12.0. The van der Waals surface area contributed by atoms with Crippen molar-refractivity contribution in [2.75, 3.05) is 6.54 Å². The van der Waals surface area contributed by atoms with Crippen molar-refractivity contribution in [1.82, 2.24) is 25.2 Å². The summed E-state index contributed by atoms with van der Waals surface area (Å²) in [6.07, 6.45) is -1.48. The molecular formula is C12H12BrN5O9S. The Labute approximate surface area is 164 Å². The van der Waals surface area contributed by atoms with Crippen molar-refractivity contribution >= 4 is 50.1 Å². The number of β-lactam (4-membered cyclic amide) rings is 1. The monoisotopic (exact) mass is 481 g/mol. The third-order valence-corrected chi connectivity index (χ3v) is 4.77. The molecule has 1 heterocycles. The quantitative estimate of drug-likeness (QED) is 0.148. The lowest BCUT2D eigenvalue weighted by Gasteiger charge is -2.35. The summed E-state index contributed by atoms with van der Waals surface area (Å²) < 4.78 is 25.0. The molecule has 0 radical (unpaired) electrons. The lowest BCUT2D eigenvalue weighted by Crippen LogP contribution is -2.68. The van der Waals surface area contributed by atoms with Crippen LogP contribution in [0.4, 0.5) is 9.59 Å². The van der Waals surface area contributed by atoms with Gasteiger partial charge in [0, 0.05) is 4.47 Å². The van der Waals surface area contributed by atoms with Crippen LogP contribution in [0.1, 0.15) is 10.4 Å². The number of phenolic OH excluding ortho intramolecular Hbond substituents is 2. The maximum Gasteiger partial charge on any atom is 0.405 e. The van der Waals surface area contributed by atoms with Crippen molar-refractivity contribution in [1.29, 1.82) is 0 Å². The Kier molecular flexibility index (Phi) is 5.95. The van der Waals surface area contributed by atoms with E-state index in [1.165, 1.54) is 9.55 Å². The first-order chi connectivity index (χ1) is 12.9. The third kappa shape index (κ3) is 4.78. The molecule has 14 nitrogen and oxygen atoms in total. The number of aromatic hydroxyl groups is 2. The van der Waals surface area contributed by atoms with Crippen LogP contribution in [-0.4, -0.2) is 65.2 Å². The van der Waals surface area contributed by atoms with E-state index < -0.39 is 51.7 Å². The Morgan fingerprint density at radius 3 is 2.36 bits per heavy atom. The lowest BCUT2D eigenvalue weighted by molar-refractivity contribution is -0.138. The number of halogens is 1. The Bertz CT molecular complexity index is 966. The number of rotatable bonds is 5. The van der Waals surface area contributed by atoms with Crippen LogP contribution in [0.15, 0.2) is 16.6 Å². The van der Waals surface area contributed by atoms with Crippen LogP contribution in [0.25, 0.3) is 0 Å². The molecule has 1 atom stereocenters. The van der Waals surface area contributed by atoms with Gasteiger partial charge in [-0.25, -0.2) is 14.3 Å². The molecule has 0 aromatic heterocycles. The smallest absolute Gasteiger partial charge is 0.405 e. The van der Waals surface area contributed by atoms with Crippen molar-refractivity contribution < 1.29 is 42.9 Å². The number of nitrogens with zero attached hydrogens (tertiary/aromatic N) is 1. The van der Waals surface area contributed by atoms with Crippen LogP contribution in [0.2, 0.25) is 0 Å². The van der Waals surface area contributed by atoms with Gasteiger partial charge in [-0.15, -0.1) is 4.83 Å². The highest BCUT2D eigenvalue weighted by Gasteiger charge is 2.42. The highest BCUT2D eigenvalue weighted by molar-refractivity contribution is 9.10. The summed E-state index contributed by atoms with van der Waals surface area (Å²) in [6, 6.07) is -0.676. The Morgan fingerprint density at radius 1 is 1.18 bits per heavy atom. The van der Waals surface area contributed by atoms with Gasteiger partial charge in [0.1, 0.15) is 6.04 Å². The number of hydrogen-bond acceptors (Lipinski definition) is 8. The first kappa shape index (κ1) is 21.2. The number of urea groups is 1. The molecule has 1 aromatic carbocycles. The van der Waals surface area contributed by atoms with E-state index in [9.17, 15) is 37.8 Å². The molecule has 1 saturated heterocycles. The molecule has 5 amide bonds. The topological polar surface area (TPSA) is 214 Å². The predicted molar refractivity (Wildman–Crippen MR) is 92.2 cm³/mol. The lowest BCUT2D eigenvalue weighted by atomic mass is 10.1. The summed E-state index contributed by atoms with van der Waals surface area (Å²) in [6.45, 7) is -0.376. The van der Waals surface area contributed by atoms with Gasteiger partial charge in [-0.1, -0.05) is 0 Å². The van der Waals surface area contributed by atoms with Crippen molar-refractivity contribution in [3.8, 4) is 11.5 Å². The first-order valence-corrected chi connectivity index (χ1v) is 9.35. The number of nitrogens with one attached hydrogen (secondary N) is 4. The van der Waals surface area contributed by atoms with E-state index in [0.717, 1.165) is 12.1 Å². The molecule has 0 aliphatic carbocycles. The van der Waals surface area contributed by atoms with E-state index in [1.54, 1.807) is 5.43 Å². The van der Waals surface area contributed by atoms with E-state index in [4.69, 9.17) is 5.11 Å². The second-order valence-corrected chi connectivity index (χ2v) is 7.51. The Hall–Kier alpha value is -3.11. The van der Waals surface area contributed by atoms with Gasteiger partial charge < -0.3 is 20.6 Å². The highest BCUT2D eigenvalue weighted by atomic mass is 79.9. The third-order valence-electron chi connectivity index (χ3n) is 3.30. The fourth-order valence-corrected chi connectivity index (χ4v) is 3.10. The van der Waals surface area contributed by atoms with E-state index in [0.29, 0.717) is 4.90 Å². The number of benzene rings is 1. The van der Waals surface area contributed by atoms with Crippen LogP contribution in [-0.2, 0) is 15.0 Å². The zero-order chi connectivity index (χ0) is 21.2. The number of likely N-dealkylation sites (tertiary alicyclic amines) is 1. The van der Waals surface area contributed by atoms with Crippen LogP contribution >= 0.6 is 15.9 Å². The first-order valence-electron chi connectivity index (χ1n) is 7.07. The number of carbonyl (C=O) groups excluding carboxylic acids is 3. The number of amides is 5. The minimum absolute atomic E-state index is 0.0340. The van der Waals surface area contributed by atoms with Gasteiger partial charge in [-0.05, 0) is 28.1 Å². The number of hydrazine groups is 1. The number of hydrogen-bond donors (Lipinski definition) is 7. The summed E-state index contributed by atoms with van der Waals surface area (Å²) >= 11 is 2.94. The minimum Gasteiger partial charge on any atom is -0.504 e. The Balaban J connectivity index is 1.93. The minimum atomic E-state index is -4.64. The van der Waals surface area contributed by atoms with Gasteiger partial charge in [0.2, 0.25) is 0 Å². The Morgan fingerprint density at radius 2 is 1.79 bits per heavy atom. The molecule has 0 unspecified atom stereocenters. The van der Waals surface area contributed by atoms with Crippen molar-refractivity contribution in [3.05, 3.63) is 22.2 Å². The maximum absolute atomic E-state index is 12.0. The number of phenols is 2. The van der Waals surface area contributed by atoms with E-state index >= 15 is 0 Å². The molecule has 2 rings (SSSR count). The molecule has 16 heteroatoms. The molecule has 0 spiro atoms. The van der Waals surface area contributed by atoms with Crippen molar-refractivity contribution in [3.63, 3.8) is 0 Å². The fraction of sp³-hybridized carbons (Fsp3) is 0.167. The van der Waals surface area contributed by atoms with Gasteiger partial charge in [0.25, 0.3) is 11.8 Å². The van der Waals surface area contributed by atoms with E-state index in [-0.39, 0.29) is 16.6 Å². The van der Waals surface area contributed by atoms with Gasteiger partial charge in [0.05, 0.1) is 12.1 Å². The average molecular weight is 482 g/mol. The average Bonchev–Trinajstić information content (AvgIpc) is 2.58. The molecule has 1 aromatic rings. The molecule has 28 heavy (non-hydrogen) atoms. The summed E-state index contributed by atoms with van der Waals surface area (Å²) in [5.74, 6) is -3.16. The fourth-order valence-electron chi connectivity index (χ4n) is 1.97. The number of carbonyl (C=O) groups is 4. The summed E-state index contributed by atoms with van der Waals surface area (Å²) in [5, 5.41) is 29.0. The number of imide groups is 1. The van der Waals surface area contributed by atoms with Crippen LogP contribution < -0.4 is 20.3 Å². The molecule has 0 saturated carbocycles. The summed E-state index contributed by atoms with van der Waals surface area (Å²) in [5.41, 5.74) is 1.50. The summed E-state index contributed by atoms with van der Waals surface area (Å²) in [7, 11) is -4.64. The summed E-state index contributed by atoms with van der Waals surface area (Å²) in [4.78, 5) is 47.7. The zero-order valence-corrected chi connectivity index (χ0v) is 15.9. The predicted octanol–water partition coefficient (Wildman–Crippen LogP) is -1.47. The van der Waals surface area contributed by atoms with Gasteiger partial charge >= 0.3 is 22.3 Å². The largest absolute Gasteiger partial charge is 0.504 e. The highest BCUT2D eigenvalue weighted by Crippen LogP contribution is 2.31. The molecule has 1 aliphatic heterocycles. The van der Waals surface area contributed by atoms with Crippen LogP contribution in [0.3, 0.4) is 0 Å². The standard InChI is InChI=1S/C12H12BrN5O9S/c13-5-2-8(20)7(19)1-4(5)9(21)15-17-28(26,27)16-11(23)18-3-6(10(18)22)14-12(24)25/h1-2,6,14,17,19-20H,3H2,(H,15,21)(H,16,23)(H,24,25)/t6-/m0/s1. The van der Waals surface area contributed by atoms with Crippen molar-refractivity contribution in [2.45, 2.75) is 6.04 Å². The molecule has 1 fully saturated rings. The van der Waals surface area contributed by atoms with E-state index in [1.807, 2.05) is 5.32 Å². The second-order valence-electron chi connectivity index (χ2n) is 5.24. The van der Waals surface area contributed by atoms with Gasteiger partial charge in [-0.3, -0.25) is 19.9 Å². The SMILES string of the molecule is O=C(O)N[C@H]1CN(C(=O)NS(=O)(=O)NNC(=O)c2cc(O)c(O)cc2Br)C1=O. The van der Waals surface area contributed by atoms with E-state index in [2.05, 4.69) is 15.9 Å². The van der Waals surface area contributed by atoms with Gasteiger partial charge in [0.15, 0.2) is 11.5 Å². The second kappa shape index (κ2) is 7.87. The number of carboxylic acid groups (broad SMARTS) is 1. The van der Waals surface area contributed by atoms with Crippen LogP contribution in [0.5, 0.6) is 11.5 Å². The van der Waals surface area contributed by atoms with Gasteiger partial charge in [-0.2, -0.15) is 8.42 Å². The molecule has 1 aliphatic rings. The molecule has 152 valence electrons. The van der Waals surface area contributed by atoms with Crippen molar-refractivity contribution in [2.24, 2.45) is 0 Å².